The van der Waals surface area contributed by atoms with Gasteiger partial charge in [0.1, 0.15) is 0 Å². The van der Waals surface area contributed by atoms with Gasteiger partial charge < -0.3 is 15.8 Å². The van der Waals surface area contributed by atoms with Gasteiger partial charge in [0, 0.05) is 26.2 Å². The van der Waals surface area contributed by atoms with Crippen molar-refractivity contribution in [2.75, 3.05) is 26.8 Å². The highest BCUT2D eigenvalue weighted by molar-refractivity contribution is 4.85. The summed E-state index contributed by atoms with van der Waals surface area (Å²) in [5, 5.41) is 3.50. The van der Waals surface area contributed by atoms with Crippen LogP contribution in [0.25, 0.3) is 0 Å². The summed E-state index contributed by atoms with van der Waals surface area (Å²) in [5.41, 5.74) is 6.43. The van der Waals surface area contributed by atoms with Gasteiger partial charge in [-0.05, 0) is 24.7 Å². The van der Waals surface area contributed by atoms with Gasteiger partial charge in [0.2, 0.25) is 0 Å². The molecule has 3 nitrogen and oxygen atoms in total. The SMILES string of the molecule is CCC1(CNCC(N)COC)CCCC1. The lowest BCUT2D eigenvalue weighted by atomic mass is 9.83. The number of hydrogen-bond acceptors (Lipinski definition) is 3. The highest BCUT2D eigenvalue weighted by Gasteiger charge is 2.31. The Morgan fingerprint density at radius 2 is 2.07 bits per heavy atom. The van der Waals surface area contributed by atoms with Crippen LogP contribution in [0.4, 0.5) is 0 Å². The summed E-state index contributed by atoms with van der Waals surface area (Å²) in [6, 6.07) is 0.130. The van der Waals surface area contributed by atoms with Gasteiger partial charge in [-0.15, -0.1) is 0 Å². The van der Waals surface area contributed by atoms with Crippen molar-refractivity contribution in [3.63, 3.8) is 0 Å². The molecule has 1 rings (SSSR count). The zero-order valence-electron chi connectivity index (χ0n) is 10.2. The summed E-state index contributed by atoms with van der Waals surface area (Å²) in [7, 11) is 1.70. The molecule has 0 radical (unpaired) electrons. The number of methoxy groups -OCH3 is 1. The minimum absolute atomic E-state index is 0.130. The van der Waals surface area contributed by atoms with Crippen LogP contribution >= 0.6 is 0 Å². The first-order valence-corrected chi connectivity index (χ1v) is 6.18. The Bertz CT molecular complexity index is 167. The van der Waals surface area contributed by atoms with E-state index in [1.165, 1.54) is 32.1 Å². The molecule has 0 spiro atoms. The summed E-state index contributed by atoms with van der Waals surface area (Å²) in [4.78, 5) is 0. The van der Waals surface area contributed by atoms with E-state index >= 15 is 0 Å². The maximum absolute atomic E-state index is 5.87. The summed E-state index contributed by atoms with van der Waals surface area (Å²) >= 11 is 0. The topological polar surface area (TPSA) is 47.3 Å². The molecular weight excluding hydrogens is 188 g/mol. The van der Waals surface area contributed by atoms with Crippen molar-refractivity contribution >= 4 is 0 Å². The van der Waals surface area contributed by atoms with E-state index in [1.54, 1.807) is 7.11 Å². The molecule has 90 valence electrons. The number of rotatable bonds is 7. The number of ether oxygens (including phenoxy) is 1. The lowest BCUT2D eigenvalue weighted by Crippen LogP contribution is -2.41. The minimum Gasteiger partial charge on any atom is -0.383 e. The van der Waals surface area contributed by atoms with Gasteiger partial charge >= 0.3 is 0 Å². The fraction of sp³-hybridized carbons (Fsp3) is 1.00. The van der Waals surface area contributed by atoms with E-state index in [9.17, 15) is 0 Å². The molecule has 15 heavy (non-hydrogen) atoms. The molecule has 0 aromatic rings. The number of hydrogen-bond donors (Lipinski definition) is 2. The highest BCUT2D eigenvalue weighted by Crippen LogP contribution is 2.40. The van der Waals surface area contributed by atoms with E-state index in [0.29, 0.717) is 12.0 Å². The zero-order valence-corrected chi connectivity index (χ0v) is 10.2. The van der Waals surface area contributed by atoms with E-state index < -0.39 is 0 Å². The Morgan fingerprint density at radius 1 is 1.40 bits per heavy atom. The van der Waals surface area contributed by atoms with E-state index in [0.717, 1.165) is 13.1 Å². The van der Waals surface area contributed by atoms with E-state index in [4.69, 9.17) is 10.5 Å². The average Bonchev–Trinajstić information content (AvgIpc) is 2.68. The Balaban J connectivity index is 2.17. The molecular formula is C12H26N2O. The molecule has 1 saturated carbocycles. The molecule has 3 N–H and O–H groups in total. The van der Waals surface area contributed by atoms with Crippen LogP contribution < -0.4 is 11.1 Å². The van der Waals surface area contributed by atoms with E-state index in [1.807, 2.05) is 0 Å². The van der Waals surface area contributed by atoms with Gasteiger partial charge in [-0.3, -0.25) is 0 Å². The number of nitrogens with two attached hydrogens (primary N) is 1. The first-order chi connectivity index (χ1) is 7.22. The van der Waals surface area contributed by atoms with Gasteiger partial charge in [-0.25, -0.2) is 0 Å². The molecule has 1 fully saturated rings. The Labute approximate surface area is 93.8 Å². The summed E-state index contributed by atoms with van der Waals surface area (Å²) in [6.07, 6.45) is 6.87. The molecule has 1 unspecified atom stereocenters. The van der Waals surface area contributed by atoms with E-state index in [-0.39, 0.29) is 6.04 Å². The second kappa shape index (κ2) is 6.46. The Kier molecular flexibility index (Phi) is 5.58. The maximum atomic E-state index is 5.87. The first kappa shape index (κ1) is 12.9. The second-order valence-corrected chi connectivity index (χ2v) is 4.91. The summed E-state index contributed by atoms with van der Waals surface area (Å²) in [6.45, 7) is 4.95. The molecule has 0 aromatic carbocycles. The zero-order chi connectivity index (χ0) is 11.1. The fourth-order valence-corrected chi connectivity index (χ4v) is 2.58. The Morgan fingerprint density at radius 3 is 2.60 bits per heavy atom. The van der Waals surface area contributed by atoms with Gasteiger partial charge in [0.05, 0.1) is 6.61 Å². The van der Waals surface area contributed by atoms with Gasteiger partial charge in [-0.2, -0.15) is 0 Å². The van der Waals surface area contributed by atoms with Crippen molar-refractivity contribution in [1.82, 2.24) is 5.32 Å². The predicted molar refractivity (Wildman–Crippen MR) is 63.9 cm³/mol. The molecule has 0 saturated heterocycles. The van der Waals surface area contributed by atoms with Crippen molar-refractivity contribution in [1.29, 1.82) is 0 Å². The molecule has 0 bridgehead atoms. The van der Waals surface area contributed by atoms with Gasteiger partial charge in [0.15, 0.2) is 0 Å². The van der Waals surface area contributed by atoms with Crippen LogP contribution in [0, 0.1) is 5.41 Å². The van der Waals surface area contributed by atoms with E-state index in [2.05, 4.69) is 12.2 Å². The lowest BCUT2D eigenvalue weighted by molar-refractivity contribution is 0.175. The van der Waals surface area contributed by atoms with Crippen LogP contribution in [0.15, 0.2) is 0 Å². The highest BCUT2D eigenvalue weighted by atomic mass is 16.5. The summed E-state index contributed by atoms with van der Waals surface area (Å²) in [5.74, 6) is 0. The molecule has 1 aliphatic carbocycles. The Hall–Kier alpha value is -0.120. The quantitative estimate of drug-likeness (QED) is 0.675. The van der Waals surface area contributed by atoms with Crippen molar-refractivity contribution in [3.8, 4) is 0 Å². The average molecular weight is 214 g/mol. The molecule has 0 amide bonds. The van der Waals surface area contributed by atoms with Crippen LogP contribution in [0.5, 0.6) is 0 Å². The standard InChI is InChI=1S/C12H26N2O/c1-3-12(6-4-5-7-12)10-14-8-11(13)9-15-2/h11,14H,3-10,13H2,1-2H3. The predicted octanol–water partition coefficient (Wildman–Crippen LogP) is 1.52. The molecule has 0 heterocycles. The van der Waals surface area contributed by atoms with Gasteiger partial charge in [0.25, 0.3) is 0 Å². The number of nitrogens with one attached hydrogen (secondary N) is 1. The van der Waals surface area contributed by atoms with Gasteiger partial charge in [-0.1, -0.05) is 19.8 Å². The third kappa shape index (κ3) is 4.09. The summed E-state index contributed by atoms with van der Waals surface area (Å²) < 4.78 is 5.01. The van der Waals surface area contributed by atoms with Crippen molar-refractivity contribution < 1.29 is 4.74 Å². The van der Waals surface area contributed by atoms with Crippen molar-refractivity contribution in [3.05, 3.63) is 0 Å². The van der Waals surface area contributed by atoms with Crippen LogP contribution in [0.2, 0.25) is 0 Å². The third-order valence-electron chi connectivity index (χ3n) is 3.70. The normalized spacial score (nSPS) is 21.8. The largest absolute Gasteiger partial charge is 0.383 e. The molecule has 0 aromatic heterocycles. The lowest BCUT2D eigenvalue weighted by Gasteiger charge is -2.28. The molecule has 1 atom stereocenters. The van der Waals surface area contributed by atoms with Crippen molar-refractivity contribution in [2.24, 2.45) is 11.1 Å². The fourth-order valence-electron chi connectivity index (χ4n) is 2.58. The molecule has 1 aliphatic rings. The minimum atomic E-state index is 0.130. The smallest absolute Gasteiger partial charge is 0.0626 e. The van der Waals surface area contributed by atoms with Crippen LogP contribution in [0.3, 0.4) is 0 Å². The van der Waals surface area contributed by atoms with Crippen molar-refractivity contribution in [2.45, 2.75) is 45.1 Å². The monoisotopic (exact) mass is 214 g/mol. The second-order valence-electron chi connectivity index (χ2n) is 4.91. The molecule has 0 aliphatic heterocycles. The first-order valence-electron chi connectivity index (χ1n) is 6.18. The maximum Gasteiger partial charge on any atom is 0.0626 e. The van der Waals surface area contributed by atoms with Crippen LogP contribution in [-0.2, 0) is 4.74 Å². The van der Waals surface area contributed by atoms with Crippen LogP contribution in [-0.4, -0.2) is 32.8 Å². The molecule has 3 heteroatoms. The third-order valence-corrected chi connectivity index (χ3v) is 3.70. The van der Waals surface area contributed by atoms with Crippen LogP contribution in [0.1, 0.15) is 39.0 Å².